The SMILES string of the molecule is NCCCc1cn(CCCN)c2ccc(Br)cc12. The van der Waals surface area contributed by atoms with Gasteiger partial charge in [0.2, 0.25) is 0 Å². The third-order valence-corrected chi connectivity index (χ3v) is 3.67. The second kappa shape index (κ2) is 6.36. The molecule has 2 aromatic rings. The number of hydrogen-bond donors (Lipinski definition) is 2. The molecule has 2 rings (SSSR count). The lowest BCUT2D eigenvalue weighted by atomic mass is 10.1. The Bertz CT molecular complexity index is 519. The summed E-state index contributed by atoms with van der Waals surface area (Å²) < 4.78 is 3.43. The van der Waals surface area contributed by atoms with Crippen molar-refractivity contribution in [1.82, 2.24) is 4.57 Å². The Morgan fingerprint density at radius 2 is 1.89 bits per heavy atom. The summed E-state index contributed by atoms with van der Waals surface area (Å²) in [5, 5.41) is 1.33. The quantitative estimate of drug-likeness (QED) is 0.862. The van der Waals surface area contributed by atoms with Crippen molar-refractivity contribution < 1.29 is 0 Å². The van der Waals surface area contributed by atoms with E-state index in [1.807, 2.05) is 0 Å². The van der Waals surface area contributed by atoms with Gasteiger partial charge in [-0.15, -0.1) is 0 Å². The van der Waals surface area contributed by atoms with Crippen LogP contribution in [0.15, 0.2) is 28.9 Å². The van der Waals surface area contributed by atoms with Crippen LogP contribution in [0.1, 0.15) is 18.4 Å². The Labute approximate surface area is 116 Å². The van der Waals surface area contributed by atoms with Crippen molar-refractivity contribution in [3.63, 3.8) is 0 Å². The highest BCUT2D eigenvalue weighted by Gasteiger charge is 2.08. The van der Waals surface area contributed by atoms with Gasteiger partial charge in [-0.3, -0.25) is 0 Å². The van der Waals surface area contributed by atoms with Crippen molar-refractivity contribution in [1.29, 1.82) is 0 Å². The first-order valence-corrected chi connectivity index (χ1v) is 7.23. The van der Waals surface area contributed by atoms with Gasteiger partial charge in [0.25, 0.3) is 0 Å². The molecule has 0 fully saturated rings. The van der Waals surface area contributed by atoms with Crippen LogP contribution < -0.4 is 11.5 Å². The molecule has 0 aliphatic heterocycles. The highest BCUT2D eigenvalue weighted by atomic mass is 79.9. The Morgan fingerprint density at radius 1 is 1.11 bits per heavy atom. The molecule has 4 heteroatoms. The van der Waals surface area contributed by atoms with Gasteiger partial charge in [0.15, 0.2) is 0 Å². The van der Waals surface area contributed by atoms with E-state index in [4.69, 9.17) is 11.5 Å². The van der Waals surface area contributed by atoms with E-state index in [2.05, 4.69) is 44.9 Å². The van der Waals surface area contributed by atoms with Crippen LogP contribution in [0.5, 0.6) is 0 Å². The molecule has 1 aromatic carbocycles. The largest absolute Gasteiger partial charge is 0.347 e. The van der Waals surface area contributed by atoms with Crippen LogP contribution in [0, 0.1) is 0 Å². The molecule has 0 spiro atoms. The van der Waals surface area contributed by atoms with Crippen molar-refractivity contribution >= 4 is 26.8 Å². The molecule has 0 saturated carbocycles. The molecule has 18 heavy (non-hydrogen) atoms. The minimum absolute atomic E-state index is 0.730. The van der Waals surface area contributed by atoms with Crippen LogP contribution in [0.25, 0.3) is 10.9 Å². The summed E-state index contributed by atoms with van der Waals surface area (Å²) in [5.74, 6) is 0. The van der Waals surface area contributed by atoms with Crippen LogP contribution in [0.4, 0.5) is 0 Å². The van der Waals surface area contributed by atoms with Crippen LogP contribution in [0.3, 0.4) is 0 Å². The Morgan fingerprint density at radius 3 is 2.61 bits per heavy atom. The summed E-state index contributed by atoms with van der Waals surface area (Å²) in [7, 11) is 0. The minimum atomic E-state index is 0.730. The molecule has 1 heterocycles. The molecular weight excluding hydrogens is 290 g/mol. The third-order valence-electron chi connectivity index (χ3n) is 3.18. The second-order valence-corrected chi connectivity index (χ2v) is 5.46. The minimum Gasteiger partial charge on any atom is -0.347 e. The van der Waals surface area contributed by atoms with E-state index >= 15 is 0 Å². The highest BCUT2D eigenvalue weighted by Crippen LogP contribution is 2.26. The number of aromatic nitrogens is 1. The van der Waals surface area contributed by atoms with E-state index < -0.39 is 0 Å². The molecule has 0 amide bonds. The normalized spacial score (nSPS) is 11.3. The van der Waals surface area contributed by atoms with Crippen molar-refractivity contribution in [2.24, 2.45) is 11.5 Å². The Kier molecular flexibility index (Phi) is 4.80. The van der Waals surface area contributed by atoms with E-state index in [9.17, 15) is 0 Å². The molecule has 0 aliphatic carbocycles. The molecule has 4 N–H and O–H groups in total. The zero-order valence-electron chi connectivity index (χ0n) is 10.5. The van der Waals surface area contributed by atoms with Crippen LogP contribution in [0.2, 0.25) is 0 Å². The van der Waals surface area contributed by atoms with Gasteiger partial charge in [-0.1, -0.05) is 15.9 Å². The highest BCUT2D eigenvalue weighted by molar-refractivity contribution is 9.10. The van der Waals surface area contributed by atoms with Gasteiger partial charge >= 0.3 is 0 Å². The molecule has 0 bridgehead atoms. The molecule has 0 saturated heterocycles. The average Bonchev–Trinajstić information content (AvgIpc) is 2.71. The fraction of sp³-hybridized carbons (Fsp3) is 0.429. The first-order chi connectivity index (χ1) is 8.76. The lowest BCUT2D eigenvalue weighted by Crippen LogP contribution is -2.04. The maximum atomic E-state index is 5.60. The maximum Gasteiger partial charge on any atom is 0.0483 e. The number of nitrogens with two attached hydrogens (primary N) is 2. The number of benzene rings is 1. The van der Waals surface area contributed by atoms with E-state index in [0.717, 1.165) is 43.4 Å². The zero-order chi connectivity index (χ0) is 13.0. The lowest BCUT2D eigenvalue weighted by Gasteiger charge is -2.03. The smallest absolute Gasteiger partial charge is 0.0483 e. The first kappa shape index (κ1) is 13.6. The molecule has 98 valence electrons. The summed E-state index contributed by atoms with van der Waals surface area (Å²) in [4.78, 5) is 0. The maximum absolute atomic E-state index is 5.60. The summed E-state index contributed by atoms with van der Waals surface area (Å²) >= 11 is 3.54. The molecule has 0 atom stereocenters. The monoisotopic (exact) mass is 309 g/mol. The van der Waals surface area contributed by atoms with E-state index in [-0.39, 0.29) is 0 Å². The molecule has 0 aliphatic rings. The second-order valence-electron chi connectivity index (χ2n) is 4.54. The summed E-state index contributed by atoms with van der Waals surface area (Å²) in [5.41, 5.74) is 13.9. The van der Waals surface area contributed by atoms with Crippen molar-refractivity contribution in [2.75, 3.05) is 13.1 Å². The zero-order valence-corrected chi connectivity index (χ0v) is 12.1. The van der Waals surface area contributed by atoms with E-state index in [1.165, 1.54) is 16.5 Å². The fourth-order valence-electron chi connectivity index (χ4n) is 2.28. The van der Waals surface area contributed by atoms with Crippen LogP contribution in [-0.4, -0.2) is 17.7 Å². The van der Waals surface area contributed by atoms with Crippen molar-refractivity contribution in [3.8, 4) is 0 Å². The molecular formula is C14H20BrN3. The van der Waals surface area contributed by atoms with Gasteiger partial charge in [-0.05, 0) is 56.1 Å². The fourth-order valence-corrected chi connectivity index (χ4v) is 2.64. The van der Waals surface area contributed by atoms with Gasteiger partial charge < -0.3 is 16.0 Å². The van der Waals surface area contributed by atoms with Crippen molar-refractivity contribution in [2.45, 2.75) is 25.8 Å². The average molecular weight is 310 g/mol. The summed E-state index contributed by atoms with van der Waals surface area (Å²) in [6, 6.07) is 6.45. The number of hydrogen-bond acceptors (Lipinski definition) is 2. The number of nitrogens with zero attached hydrogens (tertiary/aromatic N) is 1. The predicted molar refractivity (Wildman–Crippen MR) is 80.7 cm³/mol. The van der Waals surface area contributed by atoms with Gasteiger partial charge in [0.1, 0.15) is 0 Å². The lowest BCUT2D eigenvalue weighted by molar-refractivity contribution is 0.667. The summed E-state index contributed by atoms with van der Waals surface area (Å²) in [6.45, 7) is 2.45. The van der Waals surface area contributed by atoms with Gasteiger partial charge in [0, 0.05) is 28.1 Å². The predicted octanol–water partition coefficient (Wildman–Crippen LogP) is 2.64. The van der Waals surface area contributed by atoms with Gasteiger partial charge in [0.05, 0.1) is 0 Å². The molecule has 0 unspecified atom stereocenters. The molecule has 0 radical (unpaired) electrons. The molecule has 3 nitrogen and oxygen atoms in total. The Hall–Kier alpha value is -0.840. The molecule has 1 aromatic heterocycles. The number of halogens is 1. The third kappa shape index (κ3) is 2.94. The van der Waals surface area contributed by atoms with Gasteiger partial charge in [-0.2, -0.15) is 0 Å². The Balaban J connectivity index is 2.39. The topological polar surface area (TPSA) is 57.0 Å². The van der Waals surface area contributed by atoms with E-state index in [0.29, 0.717) is 0 Å². The van der Waals surface area contributed by atoms with Crippen LogP contribution >= 0.6 is 15.9 Å². The number of fused-ring (bicyclic) bond motifs is 1. The summed E-state index contributed by atoms with van der Waals surface area (Å²) in [6.07, 6.45) is 5.33. The first-order valence-electron chi connectivity index (χ1n) is 6.43. The standard InChI is InChI=1S/C14H20BrN3/c15-12-4-5-14-13(9-12)11(3-1-6-16)10-18(14)8-2-7-17/h4-5,9-10H,1-3,6-8,16-17H2. The van der Waals surface area contributed by atoms with Crippen molar-refractivity contribution in [3.05, 3.63) is 34.4 Å². The van der Waals surface area contributed by atoms with Gasteiger partial charge in [-0.25, -0.2) is 0 Å². The van der Waals surface area contributed by atoms with E-state index in [1.54, 1.807) is 0 Å². The number of rotatable bonds is 6. The van der Waals surface area contributed by atoms with Crippen LogP contribution in [-0.2, 0) is 13.0 Å². The number of aryl methyl sites for hydroxylation is 2.